The highest BCUT2D eigenvalue weighted by atomic mass is 16.6. The topological polar surface area (TPSA) is 89.7 Å². The fourth-order valence-electron chi connectivity index (χ4n) is 1.99. The SMILES string of the molecule is CC(Oc1ccc([N+](=O)[O-])cc1Cc1ccccc1)C(=O)O. The van der Waals surface area contributed by atoms with Crippen LogP contribution in [0.3, 0.4) is 0 Å². The third-order valence-electron chi connectivity index (χ3n) is 3.14. The highest BCUT2D eigenvalue weighted by Gasteiger charge is 2.17. The van der Waals surface area contributed by atoms with Crippen molar-refractivity contribution in [3.63, 3.8) is 0 Å². The van der Waals surface area contributed by atoms with Crippen LogP contribution in [0, 0.1) is 10.1 Å². The van der Waals surface area contributed by atoms with Gasteiger partial charge >= 0.3 is 5.97 Å². The Morgan fingerprint density at radius 2 is 1.95 bits per heavy atom. The molecule has 0 radical (unpaired) electrons. The first kappa shape index (κ1) is 15.5. The molecule has 6 nitrogen and oxygen atoms in total. The van der Waals surface area contributed by atoms with Gasteiger partial charge in [-0.15, -0.1) is 0 Å². The highest BCUT2D eigenvalue weighted by molar-refractivity contribution is 5.72. The van der Waals surface area contributed by atoms with Crippen molar-refractivity contribution in [3.05, 3.63) is 69.8 Å². The van der Waals surface area contributed by atoms with Crippen LogP contribution in [-0.4, -0.2) is 22.1 Å². The van der Waals surface area contributed by atoms with Crippen molar-refractivity contribution in [1.82, 2.24) is 0 Å². The Labute approximate surface area is 127 Å². The third kappa shape index (κ3) is 3.82. The molecule has 0 aromatic heterocycles. The largest absolute Gasteiger partial charge is 0.479 e. The average Bonchev–Trinajstić information content (AvgIpc) is 2.49. The van der Waals surface area contributed by atoms with Crippen molar-refractivity contribution in [2.45, 2.75) is 19.4 Å². The van der Waals surface area contributed by atoms with Crippen LogP contribution in [0.5, 0.6) is 5.75 Å². The van der Waals surface area contributed by atoms with Gasteiger partial charge in [-0.3, -0.25) is 10.1 Å². The molecule has 0 amide bonds. The van der Waals surface area contributed by atoms with E-state index in [1.165, 1.54) is 25.1 Å². The van der Waals surface area contributed by atoms with Crippen molar-refractivity contribution in [1.29, 1.82) is 0 Å². The van der Waals surface area contributed by atoms with Crippen molar-refractivity contribution in [3.8, 4) is 5.75 Å². The van der Waals surface area contributed by atoms with Crippen LogP contribution in [-0.2, 0) is 11.2 Å². The van der Waals surface area contributed by atoms with Crippen molar-refractivity contribution in [2.75, 3.05) is 0 Å². The number of rotatable bonds is 6. The van der Waals surface area contributed by atoms with Crippen LogP contribution in [0.2, 0.25) is 0 Å². The molecular weight excluding hydrogens is 286 g/mol. The molecule has 0 heterocycles. The van der Waals surface area contributed by atoms with Gasteiger partial charge in [-0.2, -0.15) is 0 Å². The van der Waals surface area contributed by atoms with E-state index in [9.17, 15) is 14.9 Å². The number of benzene rings is 2. The van der Waals surface area contributed by atoms with E-state index in [1.807, 2.05) is 30.3 Å². The normalized spacial score (nSPS) is 11.7. The zero-order valence-electron chi connectivity index (χ0n) is 11.9. The number of non-ortho nitro benzene ring substituents is 1. The molecule has 2 aromatic rings. The molecule has 0 fully saturated rings. The van der Waals surface area contributed by atoms with Gasteiger partial charge in [-0.05, 0) is 18.6 Å². The van der Waals surface area contributed by atoms with E-state index >= 15 is 0 Å². The molecule has 0 bridgehead atoms. The van der Waals surface area contributed by atoms with Gasteiger partial charge in [0.25, 0.3) is 5.69 Å². The minimum absolute atomic E-state index is 0.0544. The van der Waals surface area contributed by atoms with E-state index in [0.29, 0.717) is 17.7 Å². The summed E-state index contributed by atoms with van der Waals surface area (Å²) >= 11 is 0. The van der Waals surface area contributed by atoms with Crippen molar-refractivity contribution >= 4 is 11.7 Å². The molecule has 0 aliphatic heterocycles. The summed E-state index contributed by atoms with van der Waals surface area (Å²) in [5.74, 6) is -0.756. The highest BCUT2D eigenvalue weighted by Crippen LogP contribution is 2.27. The Balaban J connectivity index is 2.35. The van der Waals surface area contributed by atoms with Crippen LogP contribution in [0.1, 0.15) is 18.1 Å². The first-order valence-electron chi connectivity index (χ1n) is 6.68. The second kappa shape index (κ2) is 6.71. The summed E-state index contributed by atoms with van der Waals surface area (Å²) < 4.78 is 5.39. The molecule has 1 atom stereocenters. The molecule has 0 aliphatic carbocycles. The van der Waals surface area contributed by atoms with E-state index in [-0.39, 0.29) is 5.69 Å². The standard InChI is InChI=1S/C16H15NO5/c1-11(16(18)19)22-15-8-7-14(17(20)21)10-13(15)9-12-5-3-2-4-6-12/h2-8,10-11H,9H2,1H3,(H,18,19). The molecule has 1 N–H and O–H groups in total. The van der Waals surface area contributed by atoms with Crippen molar-refractivity contribution in [2.24, 2.45) is 0 Å². The quantitative estimate of drug-likeness (QED) is 0.654. The van der Waals surface area contributed by atoms with Gasteiger partial charge in [0.15, 0.2) is 6.10 Å². The Kier molecular flexibility index (Phi) is 4.73. The third-order valence-corrected chi connectivity index (χ3v) is 3.14. The molecule has 0 saturated carbocycles. The van der Waals surface area contributed by atoms with E-state index in [4.69, 9.17) is 9.84 Å². The van der Waals surface area contributed by atoms with E-state index in [2.05, 4.69) is 0 Å². The van der Waals surface area contributed by atoms with E-state index < -0.39 is 17.0 Å². The van der Waals surface area contributed by atoms with E-state index in [1.54, 1.807) is 0 Å². The molecule has 2 aromatic carbocycles. The molecule has 0 aliphatic rings. The summed E-state index contributed by atoms with van der Waals surface area (Å²) in [7, 11) is 0. The second-order valence-corrected chi connectivity index (χ2v) is 4.81. The second-order valence-electron chi connectivity index (χ2n) is 4.81. The number of nitro groups is 1. The minimum Gasteiger partial charge on any atom is -0.479 e. The molecular formula is C16H15NO5. The van der Waals surface area contributed by atoms with Crippen molar-refractivity contribution < 1.29 is 19.6 Å². The van der Waals surface area contributed by atoms with Crippen LogP contribution in [0.4, 0.5) is 5.69 Å². The van der Waals surface area contributed by atoms with Crippen LogP contribution >= 0.6 is 0 Å². The molecule has 22 heavy (non-hydrogen) atoms. The lowest BCUT2D eigenvalue weighted by Crippen LogP contribution is -2.23. The summed E-state index contributed by atoms with van der Waals surface area (Å²) in [6.45, 7) is 1.41. The summed E-state index contributed by atoms with van der Waals surface area (Å²) in [6.07, 6.45) is -0.611. The lowest BCUT2D eigenvalue weighted by atomic mass is 10.0. The first-order valence-corrected chi connectivity index (χ1v) is 6.68. The zero-order chi connectivity index (χ0) is 16.1. The van der Waals surface area contributed by atoms with Gasteiger partial charge < -0.3 is 9.84 Å². The van der Waals surface area contributed by atoms with Gasteiger partial charge in [0.2, 0.25) is 0 Å². The number of hydrogen-bond acceptors (Lipinski definition) is 4. The summed E-state index contributed by atoms with van der Waals surface area (Å²) in [4.78, 5) is 21.3. The van der Waals surface area contributed by atoms with Gasteiger partial charge in [-0.25, -0.2) is 4.79 Å². The number of carbonyl (C=O) groups is 1. The Morgan fingerprint density at radius 1 is 1.27 bits per heavy atom. The van der Waals surface area contributed by atoms with Crippen LogP contribution < -0.4 is 4.74 Å². The summed E-state index contributed by atoms with van der Waals surface area (Å²) in [6, 6.07) is 13.6. The minimum atomic E-state index is -1.09. The molecule has 0 saturated heterocycles. The fraction of sp³-hybridized carbons (Fsp3) is 0.188. The summed E-state index contributed by atoms with van der Waals surface area (Å²) in [5.41, 5.74) is 1.48. The van der Waals surface area contributed by atoms with Gasteiger partial charge in [0.1, 0.15) is 5.75 Å². The van der Waals surface area contributed by atoms with Crippen LogP contribution in [0.15, 0.2) is 48.5 Å². The molecule has 0 spiro atoms. The van der Waals surface area contributed by atoms with E-state index in [0.717, 1.165) is 5.56 Å². The number of nitrogens with zero attached hydrogens (tertiary/aromatic N) is 1. The average molecular weight is 301 g/mol. The predicted octanol–water partition coefficient (Wildman–Crippen LogP) is 3.04. The predicted molar refractivity (Wildman–Crippen MR) is 80.1 cm³/mol. The maximum atomic E-state index is 10.9. The number of nitro benzene ring substituents is 1. The number of carboxylic acid groups (broad SMARTS) is 1. The van der Waals surface area contributed by atoms with Gasteiger partial charge in [-0.1, -0.05) is 30.3 Å². The molecule has 2 rings (SSSR count). The van der Waals surface area contributed by atoms with Gasteiger partial charge in [0.05, 0.1) is 4.92 Å². The molecule has 1 unspecified atom stereocenters. The Bertz CT molecular complexity index is 684. The maximum Gasteiger partial charge on any atom is 0.344 e. The van der Waals surface area contributed by atoms with Crippen LogP contribution in [0.25, 0.3) is 0 Å². The zero-order valence-corrected chi connectivity index (χ0v) is 11.9. The maximum absolute atomic E-state index is 10.9. The number of ether oxygens (including phenoxy) is 1. The Hall–Kier alpha value is -2.89. The fourth-order valence-corrected chi connectivity index (χ4v) is 1.99. The Morgan fingerprint density at radius 3 is 2.55 bits per heavy atom. The molecule has 114 valence electrons. The lowest BCUT2D eigenvalue weighted by molar-refractivity contribution is -0.384. The first-order chi connectivity index (χ1) is 10.5. The number of carboxylic acids is 1. The summed E-state index contributed by atoms with van der Waals surface area (Å²) in [5, 5.41) is 19.9. The monoisotopic (exact) mass is 301 g/mol. The number of hydrogen-bond donors (Lipinski definition) is 1. The smallest absolute Gasteiger partial charge is 0.344 e. The number of aliphatic carboxylic acids is 1. The molecule has 6 heteroatoms. The lowest BCUT2D eigenvalue weighted by Gasteiger charge is -2.14. The van der Waals surface area contributed by atoms with Gasteiger partial charge in [0, 0.05) is 24.1 Å².